The third-order valence-corrected chi connectivity index (χ3v) is 2.73. The van der Waals surface area contributed by atoms with Gasteiger partial charge in [-0.3, -0.25) is 4.98 Å². The highest BCUT2D eigenvalue weighted by molar-refractivity contribution is 6.33. The number of pyridine rings is 1. The van der Waals surface area contributed by atoms with Crippen LogP contribution in [-0.2, 0) is 6.42 Å². The van der Waals surface area contributed by atoms with E-state index in [4.69, 9.17) is 11.6 Å². The topological polar surface area (TPSA) is 12.9 Å². The molecule has 0 saturated carbocycles. The number of benzene rings is 1. The second kappa shape index (κ2) is 4.45. The summed E-state index contributed by atoms with van der Waals surface area (Å²) in [6.07, 6.45) is 2.77. The fourth-order valence-corrected chi connectivity index (χ4v) is 1.84. The summed E-state index contributed by atoms with van der Waals surface area (Å²) in [7, 11) is 0. The summed E-state index contributed by atoms with van der Waals surface area (Å²) in [6, 6.07) is 11.9. The standard InChI is InChI=1S/C13H12ClN/c1-2-10-6-5-9-15-13(10)11-7-3-4-8-12(11)14/h3-9H,2H2,1H3. The number of halogens is 1. The van der Waals surface area contributed by atoms with Gasteiger partial charge >= 0.3 is 0 Å². The maximum absolute atomic E-state index is 6.15. The molecule has 15 heavy (non-hydrogen) atoms. The molecule has 76 valence electrons. The van der Waals surface area contributed by atoms with Crippen LogP contribution in [0.1, 0.15) is 12.5 Å². The number of hydrogen-bond donors (Lipinski definition) is 0. The zero-order chi connectivity index (χ0) is 10.7. The largest absolute Gasteiger partial charge is 0.256 e. The van der Waals surface area contributed by atoms with Crippen molar-refractivity contribution < 1.29 is 0 Å². The minimum Gasteiger partial charge on any atom is -0.256 e. The zero-order valence-corrected chi connectivity index (χ0v) is 9.33. The predicted molar refractivity (Wildman–Crippen MR) is 64.1 cm³/mol. The molecule has 1 nitrogen and oxygen atoms in total. The molecule has 1 aromatic carbocycles. The van der Waals surface area contributed by atoms with Gasteiger partial charge in [0.15, 0.2) is 0 Å². The molecule has 2 aromatic rings. The van der Waals surface area contributed by atoms with E-state index in [1.807, 2.05) is 30.3 Å². The number of aromatic nitrogens is 1. The van der Waals surface area contributed by atoms with Crippen molar-refractivity contribution in [2.75, 3.05) is 0 Å². The molecule has 2 heteroatoms. The normalized spacial score (nSPS) is 10.3. The van der Waals surface area contributed by atoms with Gasteiger partial charge in [-0.05, 0) is 24.1 Å². The van der Waals surface area contributed by atoms with Crippen LogP contribution in [0.25, 0.3) is 11.3 Å². The van der Waals surface area contributed by atoms with E-state index in [2.05, 4.69) is 18.0 Å². The van der Waals surface area contributed by atoms with Gasteiger partial charge in [-0.15, -0.1) is 0 Å². The molecule has 0 fully saturated rings. The van der Waals surface area contributed by atoms with Crippen LogP contribution in [0.2, 0.25) is 5.02 Å². The Morgan fingerprint density at radius 2 is 1.93 bits per heavy atom. The Hall–Kier alpha value is -1.34. The summed E-state index contributed by atoms with van der Waals surface area (Å²) in [4.78, 5) is 4.40. The van der Waals surface area contributed by atoms with Crippen molar-refractivity contribution in [2.45, 2.75) is 13.3 Å². The van der Waals surface area contributed by atoms with Crippen LogP contribution in [0.5, 0.6) is 0 Å². The Balaban J connectivity index is 2.59. The van der Waals surface area contributed by atoms with Crippen LogP contribution >= 0.6 is 11.6 Å². The molecule has 0 N–H and O–H groups in total. The average Bonchev–Trinajstić information content (AvgIpc) is 2.30. The SMILES string of the molecule is CCc1cccnc1-c1ccccc1Cl. The number of nitrogens with zero attached hydrogens (tertiary/aromatic N) is 1. The lowest BCUT2D eigenvalue weighted by molar-refractivity contribution is 1.11. The minimum atomic E-state index is 0.755. The van der Waals surface area contributed by atoms with E-state index in [-0.39, 0.29) is 0 Å². The van der Waals surface area contributed by atoms with Crippen LogP contribution in [0.15, 0.2) is 42.6 Å². The summed E-state index contributed by atoms with van der Waals surface area (Å²) in [6.45, 7) is 2.12. The highest BCUT2D eigenvalue weighted by atomic mass is 35.5. The molecular formula is C13H12ClN. The van der Waals surface area contributed by atoms with Crippen LogP contribution in [0.3, 0.4) is 0 Å². The Labute approximate surface area is 94.7 Å². The third-order valence-electron chi connectivity index (χ3n) is 2.40. The monoisotopic (exact) mass is 217 g/mol. The van der Waals surface area contributed by atoms with Crippen molar-refractivity contribution >= 4 is 11.6 Å². The van der Waals surface area contributed by atoms with Crippen molar-refractivity contribution in [2.24, 2.45) is 0 Å². The Kier molecular flexibility index (Phi) is 3.02. The van der Waals surface area contributed by atoms with Crippen LogP contribution in [0, 0.1) is 0 Å². The molecule has 1 aromatic heterocycles. The maximum atomic E-state index is 6.15. The van der Waals surface area contributed by atoms with E-state index in [9.17, 15) is 0 Å². The van der Waals surface area contributed by atoms with Crippen molar-refractivity contribution in [1.82, 2.24) is 4.98 Å². The zero-order valence-electron chi connectivity index (χ0n) is 8.57. The van der Waals surface area contributed by atoms with Gasteiger partial charge < -0.3 is 0 Å². The first kappa shape index (κ1) is 10.2. The second-order valence-corrected chi connectivity index (χ2v) is 3.75. The molecule has 1 heterocycles. The summed E-state index contributed by atoms with van der Waals surface area (Å²) >= 11 is 6.15. The molecular weight excluding hydrogens is 206 g/mol. The van der Waals surface area contributed by atoms with Crippen molar-refractivity contribution in [3.05, 3.63) is 53.2 Å². The van der Waals surface area contributed by atoms with Gasteiger partial charge in [-0.1, -0.05) is 42.8 Å². The van der Waals surface area contributed by atoms with Crippen molar-refractivity contribution in [3.8, 4) is 11.3 Å². The first-order valence-electron chi connectivity index (χ1n) is 5.01. The third kappa shape index (κ3) is 2.02. The van der Waals surface area contributed by atoms with E-state index in [0.29, 0.717) is 0 Å². The quantitative estimate of drug-likeness (QED) is 0.742. The minimum absolute atomic E-state index is 0.755. The smallest absolute Gasteiger partial charge is 0.0748 e. The molecule has 0 aliphatic carbocycles. The van der Waals surface area contributed by atoms with Gasteiger partial charge in [0.25, 0.3) is 0 Å². The Bertz CT molecular complexity index is 466. The summed E-state index contributed by atoms with van der Waals surface area (Å²) in [5.41, 5.74) is 3.23. The molecule has 0 radical (unpaired) electrons. The number of rotatable bonds is 2. The van der Waals surface area contributed by atoms with E-state index in [0.717, 1.165) is 22.7 Å². The summed E-state index contributed by atoms with van der Waals surface area (Å²) < 4.78 is 0. The fourth-order valence-electron chi connectivity index (χ4n) is 1.62. The molecule has 0 unspecified atom stereocenters. The predicted octanol–water partition coefficient (Wildman–Crippen LogP) is 3.96. The number of aryl methyl sites for hydroxylation is 1. The van der Waals surface area contributed by atoms with E-state index < -0.39 is 0 Å². The van der Waals surface area contributed by atoms with Gasteiger partial charge in [-0.2, -0.15) is 0 Å². The maximum Gasteiger partial charge on any atom is 0.0748 e. The van der Waals surface area contributed by atoms with Gasteiger partial charge in [0, 0.05) is 16.8 Å². The lowest BCUT2D eigenvalue weighted by atomic mass is 10.0. The lowest BCUT2D eigenvalue weighted by Gasteiger charge is -2.07. The molecule has 0 spiro atoms. The number of hydrogen-bond acceptors (Lipinski definition) is 1. The highest BCUT2D eigenvalue weighted by Gasteiger charge is 2.07. The van der Waals surface area contributed by atoms with E-state index in [1.54, 1.807) is 6.20 Å². The second-order valence-electron chi connectivity index (χ2n) is 3.34. The van der Waals surface area contributed by atoms with Crippen molar-refractivity contribution in [3.63, 3.8) is 0 Å². The lowest BCUT2D eigenvalue weighted by Crippen LogP contribution is -1.91. The molecule has 0 atom stereocenters. The first-order valence-corrected chi connectivity index (χ1v) is 5.39. The van der Waals surface area contributed by atoms with E-state index >= 15 is 0 Å². The van der Waals surface area contributed by atoms with E-state index in [1.165, 1.54) is 5.56 Å². The summed E-state index contributed by atoms with van der Waals surface area (Å²) in [5.74, 6) is 0. The van der Waals surface area contributed by atoms with Gasteiger partial charge in [-0.25, -0.2) is 0 Å². The molecule has 2 rings (SSSR count). The molecule has 0 saturated heterocycles. The van der Waals surface area contributed by atoms with Crippen LogP contribution < -0.4 is 0 Å². The molecule has 0 amide bonds. The van der Waals surface area contributed by atoms with Crippen LogP contribution in [0.4, 0.5) is 0 Å². The molecule has 0 aliphatic rings. The Morgan fingerprint density at radius 3 is 2.67 bits per heavy atom. The molecule has 0 bridgehead atoms. The fraction of sp³-hybridized carbons (Fsp3) is 0.154. The van der Waals surface area contributed by atoms with Crippen LogP contribution in [-0.4, -0.2) is 4.98 Å². The van der Waals surface area contributed by atoms with Crippen molar-refractivity contribution in [1.29, 1.82) is 0 Å². The van der Waals surface area contributed by atoms with Gasteiger partial charge in [0.2, 0.25) is 0 Å². The highest BCUT2D eigenvalue weighted by Crippen LogP contribution is 2.28. The van der Waals surface area contributed by atoms with Gasteiger partial charge in [0.1, 0.15) is 0 Å². The average molecular weight is 218 g/mol. The first-order chi connectivity index (χ1) is 7.33. The Morgan fingerprint density at radius 1 is 1.13 bits per heavy atom. The van der Waals surface area contributed by atoms with Gasteiger partial charge in [0.05, 0.1) is 5.69 Å². The molecule has 0 aliphatic heterocycles. The summed E-state index contributed by atoms with van der Waals surface area (Å²) in [5, 5.41) is 0.755.